The Hall–Kier alpha value is -1.48. The van der Waals surface area contributed by atoms with Crippen LogP contribution in [0.5, 0.6) is 0 Å². The molecule has 96 valence electrons. The summed E-state index contributed by atoms with van der Waals surface area (Å²) in [7, 11) is 0. The van der Waals surface area contributed by atoms with Crippen LogP contribution in [-0.4, -0.2) is 9.55 Å². The summed E-state index contributed by atoms with van der Waals surface area (Å²) in [5, 5.41) is 4.07. The molecule has 0 aliphatic heterocycles. The molecule has 0 aliphatic rings. The molecule has 0 atom stereocenters. The lowest BCUT2D eigenvalue weighted by Crippen LogP contribution is -2.05. The Bertz CT molecular complexity index is 558. The second kappa shape index (κ2) is 5.02. The van der Waals surface area contributed by atoms with E-state index < -0.39 is 0 Å². The van der Waals surface area contributed by atoms with Crippen LogP contribution in [-0.2, 0) is 0 Å². The minimum atomic E-state index is 0.370. The number of nitrogens with zero attached hydrogens (tertiary/aromatic N) is 2. The van der Waals surface area contributed by atoms with Gasteiger partial charge in [-0.25, -0.2) is 4.98 Å². The van der Waals surface area contributed by atoms with Gasteiger partial charge in [0.05, 0.1) is 5.69 Å². The van der Waals surface area contributed by atoms with Gasteiger partial charge in [0.25, 0.3) is 0 Å². The number of nitrogens with one attached hydrogen (secondary N) is 1. The molecule has 2 aromatic rings. The van der Waals surface area contributed by atoms with Crippen molar-refractivity contribution in [2.24, 2.45) is 0 Å². The van der Waals surface area contributed by atoms with Crippen LogP contribution in [0.15, 0.2) is 24.4 Å². The van der Waals surface area contributed by atoms with Gasteiger partial charge < -0.3 is 9.88 Å². The highest BCUT2D eigenvalue weighted by atomic mass is 35.5. The standard InChI is InChI=1S/C14H18ClN3/c1-9(2)18-8-11(4)16-14(18)17-12-6-5-10(3)13(15)7-12/h5-9H,1-4H3,(H,16,17). The summed E-state index contributed by atoms with van der Waals surface area (Å²) in [6, 6.07) is 6.30. The number of halogens is 1. The molecule has 1 N–H and O–H groups in total. The molecule has 0 radical (unpaired) electrons. The second-order valence-electron chi connectivity index (χ2n) is 4.80. The number of rotatable bonds is 3. The van der Waals surface area contributed by atoms with Crippen LogP contribution in [0, 0.1) is 13.8 Å². The highest BCUT2D eigenvalue weighted by molar-refractivity contribution is 6.31. The highest BCUT2D eigenvalue weighted by Gasteiger charge is 2.09. The largest absolute Gasteiger partial charge is 0.326 e. The van der Waals surface area contributed by atoms with E-state index in [1.54, 1.807) is 0 Å². The molecule has 0 amide bonds. The Morgan fingerprint density at radius 3 is 2.61 bits per heavy atom. The topological polar surface area (TPSA) is 29.9 Å². The van der Waals surface area contributed by atoms with Crippen molar-refractivity contribution >= 4 is 23.2 Å². The number of hydrogen-bond donors (Lipinski definition) is 1. The predicted molar refractivity (Wildman–Crippen MR) is 76.8 cm³/mol. The van der Waals surface area contributed by atoms with Gasteiger partial charge in [0.15, 0.2) is 0 Å². The molecule has 0 saturated heterocycles. The number of aromatic nitrogens is 2. The van der Waals surface area contributed by atoms with Gasteiger partial charge in [0, 0.05) is 22.9 Å². The van der Waals surface area contributed by atoms with E-state index in [-0.39, 0.29) is 0 Å². The van der Waals surface area contributed by atoms with Crippen molar-refractivity contribution in [2.45, 2.75) is 33.7 Å². The molecule has 0 bridgehead atoms. The van der Waals surface area contributed by atoms with Gasteiger partial charge in [-0.3, -0.25) is 0 Å². The van der Waals surface area contributed by atoms with Crippen molar-refractivity contribution in [1.29, 1.82) is 0 Å². The van der Waals surface area contributed by atoms with Gasteiger partial charge in [0.2, 0.25) is 5.95 Å². The van der Waals surface area contributed by atoms with Crippen LogP contribution in [0.1, 0.15) is 31.1 Å². The number of benzene rings is 1. The molecule has 1 heterocycles. The third kappa shape index (κ3) is 2.67. The van der Waals surface area contributed by atoms with E-state index in [0.717, 1.165) is 27.9 Å². The third-order valence-corrected chi connectivity index (χ3v) is 3.24. The smallest absolute Gasteiger partial charge is 0.207 e. The highest BCUT2D eigenvalue weighted by Crippen LogP contribution is 2.24. The zero-order valence-corrected chi connectivity index (χ0v) is 11.9. The van der Waals surface area contributed by atoms with Gasteiger partial charge in [-0.1, -0.05) is 17.7 Å². The molecule has 18 heavy (non-hydrogen) atoms. The fourth-order valence-electron chi connectivity index (χ4n) is 1.80. The van der Waals surface area contributed by atoms with Gasteiger partial charge in [0.1, 0.15) is 0 Å². The van der Waals surface area contributed by atoms with Crippen LogP contribution in [0.25, 0.3) is 0 Å². The minimum absolute atomic E-state index is 0.370. The predicted octanol–water partition coefficient (Wildman–Crippen LogP) is 4.48. The molecule has 0 spiro atoms. The van der Waals surface area contributed by atoms with Crippen LogP contribution in [0.2, 0.25) is 5.02 Å². The lowest BCUT2D eigenvalue weighted by atomic mass is 10.2. The summed E-state index contributed by atoms with van der Waals surface area (Å²) in [6.45, 7) is 8.25. The van der Waals surface area contributed by atoms with E-state index in [2.05, 4.69) is 28.7 Å². The van der Waals surface area contributed by atoms with Gasteiger partial charge in [-0.2, -0.15) is 0 Å². The van der Waals surface area contributed by atoms with E-state index in [0.29, 0.717) is 6.04 Å². The number of anilines is 2. The van der Waals surface area contributed by atoms with Crippen LogP contribution < -0.4 is 5.32 Å². The first-order valence-corrected chi connectivity index (χ1v) is 6.44. The Morgan fingerprint density at radius 1 is 1.28 bits per heavy atom. The first-order chi connectivity index (χ1) is 8.47. The normalized spacial score (nSPS) is 11.0. The van der Waals surface area contributed by atoms with E-state index in [1.807, 2.05) is 38.2 Å². The van der Waals surface area contributed by atoms with Crippen molar-refractivity contribution in [3.63, 3.8) is 0 Å². The molecule has 0 aliphatic carbocycles. The zero-order valence-electron chi connectivity index (χ0n) is 11.2. The van der Waals surface area contributed by atoms with Gasteiger partial charge >= 0.3 is 0 Å². The summed E-state index contributed by atoms with van der Waals surface area (Å²) in [6.07, 6.45) is 2.04. The van der Waals surface area contributed by atoms with Gasteiger partial charge in [-0.05, 0) is 45.4 Å². The average molecular weight is 264 g/mol. The Labute approximate surface area is 113 Å². The number of imidazole rings is 1. The molecule has 1 aromatic carbocycles. The molecule has 0 fully saturated rings. The van der Waals surface area contributed by atoms with E-state index >= 15 is 0 Å². The molecule has 0 unspecified atom stereocenters. The Kier molecular flexibility index (Phi) is 3.62. The SMILES string of the molecule is Cc1cn(C(C)C)c(Nc2ccc(C)c(Cl)c2)n1. The first kappa shape index (κ1) is 13.0. The van der Waals surface area contributed by atoms with Crippen LogP contribution in [0.4, 0.5) is 11.6 Å². The quantitative estimate of drug-likeness (QED) is 0.885. The Balaban J connectivity index is 2.30. The lowest BCUT2D eigenvalue weighted by Gasteiger charge is -2.13. The summed E-state index contributed by atoms with van der Waals surface area (Å²) >= 11 is 6.12. The molecular weight excluding hydrogens is 246 g/mol. The van der Waals surface area contributed by atoms with E-state index in [1.165, 1.54) is 0 Å². The summed E-state index contributed by atoms with van der Waals surface area (Å²) in [5.74, 6) is 0.849. The maximum atomic E-state index is 6.12. The number of hydrogen-bond acceptors (Lipinski definition) is 2. The van der Waals surface area contributed by atoms with Crippen molar-refractivity contribution < 1.29 is 0 Å². The maximum Gasteiger partial charge on any atom is 0.207 e. The zero-order chi connectivity index (χ0) is 13.3. The van der Waals surface area contributed by atoms with Crippen molar-refractivity contribution in [3.8, 4) is 0 Å². The molecule has 2 rings (SSSR count). The van der Waals surface area contributed by atoms with Crippen LogP contribution in [0.3, 0.4) is 0 Å². The first-order valence-electron chi connectivity index (χ1n) is 6.06. The second-order valence-corrected chi connectivity index (χ2v) is 5.20. The summed E-state index contributed by atoms with van der Waals surface area (Å²) in [4.78, 5) is 4.49. The summed E-state index contributed by atoms with van der Waals surface area (Å²) in [5.41, 5.74) is 3.04. The molecular formula is C14H18ClN3. The fraction of sp³-hybridized carbons (Fsp3) is 0.357. The molecule has 3 nitrogen and oxygen atoms in total. The monoisotopic (exact) mass is 263 g/mol. The minimum Gasteiger partial charge on any atom is -0.326 e. The molecule has 1 aromatic heterocycles. The van der Waals surface area contributed by atoms with E-state index in [9.17, 15) is 0 Å². The van der Waals surface area contributed by atoms with Crippen molar-refractivity contribution in [3.05, 3.63) is 40.7 Å². The van der Waals surface area contributed by atoms with Crippen molar-refractivity contribution in [2.75, 3.05) is 5.32 Å². The van der Waals surface area contributed by atoms with Gasteiger partial charge in [-0.15, -0.1) is 0 Å². The van der Waals surface area contributed by atoms with Crippen molar-refractivity contribution in [1.82, 2.24) is 9.55 Å². The van der Waals surface area contributed by atoms with Crippen LogP contribution >= 0.6 is 11.6 Å². The molecule has 4 heteroatoms. The summed E-state index contributed by atoms with van der Waals surface area (Å²) < 4.78 is 2.11. The fourth-order valence-corrected chi connectivity index (χ4v) is 1.98. The molecule has 0 saturated carbocycles. The Morgan fingerprint density at radius 2 is 2.00 bits per heavy atom. The lowest BCUT2D eigenvalue weighted by molar-refractivity contribution is 0.607. The average Bonchev–Trinajstić information content (AvgIpc) is 2.65. The third-order valence-electron chi connectivity index (χ3n) is 2.84. The van der Waals surface area contributed by atoms with E-state index in [4.69, 9.17) is 11.6 Å². The maximum absolute atomic E-state index is 6.12. The number of aryl methyl sites for hydroxylation is 2.